The number of allylic oxidation sites excluding steroid dienone is 4. The van der Waals surface area contributed by atoms with Crippen molar-refractivity contribution in [1.29, 1.82) is 0 Å². The van der Waals surface area contributed by atoms with E-state index < -0.39 is 0 Å². The lowest BCUT2D eigenvalue weighted by Crippen LogP contribution is -2.24. The molecule has 22 heavy (non-hydrogen) atoms. The van der Waals surface area contributed by atoms with Crippen LogP contribution in [0.25, 0.3) is 11.1 Å². The van der Waals surface area contributed by atoms with Crippen molar-refractivity contribution in [2.75, 3.05) is 0 Å². The lowest BCUT2D eigenvalue weighted by molar-refractivity contribution is 0.394. The Kier molecular flexibility index (Phi) is 3.30. The van der Waals surface area contributed by atoms with Gasteiger partial charge in [-0.1, -0.05) is 68.5 Å². The van der Waals surface area contributed by atoms with Gasteiger partial charge in [0.1, 0.15) is 0 Å². The molecule has 0 aliphatic heterocycles. The second-order valence-corrected chi connectivity index (χ2v) is 8.10. The number of fused-ring (bicyclic) bond motifs is 3. The molecule has 0 amide bonds. The minimum atomic E-state index is 0.195. The Labute approximate surface area is 146 Å². The van der Waals surface area contributed by atoms with Crippen LogP contribution in [0.4, 0.5) is 0 Å². The maximum atomic E-state index is 2.41. The first-order valence-electron chi connectivity index (χ1n) is 7.83. The molecule has 4 rings (SSSR count). The molecule has 110 valence electrons. The highest BCUT2D eigenvalue weighted by Gasteiger charge is 2.44. The molecule has 0 saturated heterocycles. The molecular formula is C21H19I. The van der Waals surface area contributed by atoms with Crippen LogP contribution in [0.1, 0.15) is 30.9 Å². The van der Waals surface area contributed by atoms with E-state index in [1.807, 2.05) is 0 Å². The summed E-state index contributed by atoms with van der Waals surface area (Å²) in [6.45, 7) is 4.77. The fourth-order valence-electron chi connectivity index (χ4n) is 4.00. The molecule has 0 saturated carbocycles. The van der Waals surface area contributed by atoms with Gasteiger partial charge in [0.25, 0.3) is 0 Å². The Morgan fingerprint density at radius 2 is 1.55 bits per heavy atom. The Hall–Kier alpha value is -1.35. The summed E-state index contributed by atoms with van der Waals surface area (Å²) >= 11 is 2.36. The minimum Gasteiger partial charge on any atom is -0.0796 e. The van der Waals surface area contributed by atoms with E-state index in [-0.39, 0.29) is 5.41 Å². The predicted molar refractivity (Wildman–Crippen MR) is 102 cm³/mol. The second kappa shape index (κ2) is 5.09. The van der Waals surface area contributed by atoms with Gasteiger partial charge >= 0.3 is 0 Å². The first-order valence-corrected chi connectivity index (χ1v) is 8.90. The van der Waals surface area contributed by atoms with E-state index in [1.165, 1.54) is 25.8 Å². The second-order valence-electron chi connectivity index (χ2n) is 6.85. The summed E-state index contributed by atoms with van der Waals surface area (Å²) in [6.07, 6.45) is 9.15. The van der Waals surface area contributed by atoms with E-state index in [1.54, 1.807) is 0 Å². The zero-order chi connectivity index (χ0) is 15.3. The van der Waals surface area contributed by atoms with Crippen molar-refractivity contribution in [2.45, 2.75) is 25.2 Å². The molecule has 0 bridgehead atoms. The summed E-state index contributed by atoms with van der Waals surface area (Å²) in [7, 11) is 0. The van der Waals surface area contributed by atoms with Gasteiger partial charge in [-0.2, -0.15) is 0 Å². The highest BCUT2D eigenvalue weighted by Crippen LogP contribution is 2.53. The highest BCUT2D eigenvalue weighted by atomic mass is 127. The van der Waals surface area contributed by atoms with Crippen LogP contribution < -0.4 is 0 Å². The van der Waals surface area contributed by atoms with Crippen LogP contribution in [-0.2, 0) is 5.41 Å². The van der Waals surface area contributed by atoms with E-state index in [0.717, 1.165) is 0 Å². The van der Waals surface area contributed by atoms with E-state index in [4.69, 9.17) is 0 Å². The summed E-state index contributed by atoms with van der Waals surface area (Å²) in [5.41, 5.74) is 5.84. The summed E-state index contributed by atoms with van der Waals surface area (Å²) in [5, 5.41) is 0. The maximum Gasteiger partial charge on any atom is 0.0130 e. The standard InChI is InChI=1S/C21H19I/c1-21(2)19-6-4-3-5-17(19)18-12-9-15(13-20(18)21)14-7-10-16(22)11-8-14/h3-13,17,19H,1-2H3. The minimum absolute atomic E-state index is 0.195. The highest BCUT2D eigenvalue weighted by molar-refractivity contribution is 14.1. The molecule has 2 aromatic rings. The number of rotatable bonds is 1. The molecule has 0 spiro atoms. The zero-order valence-electron chi connectivity index (χ0n) is 12.9. The molecule has 0 N–H and O–H groups in total. The van der Waals surface area contributed by atoms with Crippen LogP contribution in [-0.4, -0.2) is 0 Å². The third-order valence-corrected chi connectivity index (χ3v) is 5.97. The molecule has 1 heteroatoms. The van der Waals surface area contributed by atoms with Crippen LogP contribution in [0.5, 0.6) is 0 Å². The average molecular weight is 398 g/mol. The molecule has 2 unspecified atom stereocenters. The van der Waals surface area contributed by atoms with Crippen LogP contribution in [0.15, 0.2) is 66.8 Å². The molecule has 0 heterocycles. The number of hydrogen-bond acceptors (Lipinski definition) is 0. The quantitative estimate of drug-likeness (QED) is 0.511. The largest absolute Gasteiger partial charge is 0.0796 e. The smallest absolute Gasteiger partial charge is 0.0130 e. The summed E-state index contributed by atoms with van der Waals surface area (Å²) in [6, 6.07) is 15.8. The van der Waals surface area contributed by atoms with Crippen molar-refractivity contribution in [2.24, 2.45) is 5.92 Å². The Balaban J connectivity index is 1.84. The molecule has 0 fully saturated rings. The van der Waals surface area contributed by atoms with E-state index in [9.17, 15) is 0 Å². The first kappa shape index (κ1) is 14.3. The average Bonchev–Trinajstić information content (AvgIpc) is 2.77. The van der Waals surface area contributed by atoms with Gasteiger partial charge in [-0.3, -0.25) is 0 Å². The lowest BCUT2D eigenvalue weighted by atomic mass is 9.74. The van der Waals surface area contributed by atoms with Gasteiger partial charge in [0, 0.05) is 9.49 Å². The van der Waals surface area contributed by atoms with Gasteiger partial charge in [0.15, 0.2) is 0 Å². The van der Waals surface area contributed by atoms with Crippen LogP contribution in [0.3, 0.4) is 0 Å². The third-order valence-electron chi connectivity index (χ3n) is 5.25. The molecule has 2 aromatic carbocycles. The van der Waals surface area contributed by atoms with Crippen LogP contribution >= 0.6 is 22.6 Å². The fraction of sp³-hybridized carbons (Fsp3) is 0.238. The van der Waals surface area contributed by atoms with E-state index in [2.05, 4.69) is 103 Å². The normalized spacial score (nSPS) is 24.1. The maximum absolute atomic E-state index is 2.41. The molecule has 2 aliphatic rings. The van der Waals surface area contributed by atoms with Crippen molar-refractivity contribution >= 4 is 22.6 Å². The Morgan fingerprint density at radius 3 is 2.32 bits per heavy atom. The zero-order valence-corrected chi connectivity index (χ0v) is 15.0. The molecule has 0 aromatic heterocycles. The molecular weight excluding hydrogens is 379 g/mol. The Bertz CT molecular complexity index is 778. The third kappa shape index (κ3) is 2.10. The SMILES string of the molecule is CC1(C)c2cc(-c3ccc(I)cc3)ccc2C2C=CC=CC21. The number of benzene rings is 2. The molecule has 0 nitrogen and oxygen atoms in total. The van der Waals surface area contributed by atoms with E-state index in [0.29, 0.717) is 11.8 Å². The van der Waals surface area contributed by atoms with Gasteiger partial charge in [0.2, 0.25) is 0 Å². The van der Waals surface area contributed by atoms with Crippen molar-refractivity contribution in [3.8, 4) is 11.1 Å². The van der Waals surface area contributed by atoms with Gasteiger partial charge < -0.3 is 0 Å². The summed E-state index contributed by atoms with van der Waals surface area (Å²) in [4.78, 5) is 0. The van der Waals surface area contributed by atoms with Crippen molar-refractivity contribution in [3.63, 3.8) is 0 Å². The molecule has 2 aliphatic carbocycles. The number of halogens is 1. The van der Waals surface area contributed by atoms with Crippen molar-refractivity contribution < 1.29 is 0 Å². The fourth-order valence-corrected chi connectivity index (χ4v) is 4.36. The van der Waals surface area contributed by atoms with Crippen molar-refractivity contribution in [3.05, 3.63) is 81.5 Å². The van der Waals surface area contributed by atoms with Gasteiger partial charge in [-0.15, -0.1) is 0 Å². The Morgan fingerprint density at radius 1 is 0.864 bits per heavy atom. The molecule has 0 radical (unpaired) electrons. The van der Waals surface area contributed by atoms with Crippen LogP contribution in [0.2, 0.25) is 0 Å². The topological polar surface area (TPSA) is 0 Å². The lowest BCUT2D eigenvalue weighted by Gasteiger charge is -2.29. The van der Waals surface area contributed by atoms with Crippen molar-refractivity contribution in [1.82, 2.24) is 0 Å². The van der Waals surface area contributed by atoms with Gasteiger partial charge in [0.05, 0.1) is 0 Å². The molecule has 2 atom stereocenters. The predicted octanol–water partition coefficient (Wildman–Crippen LogP) is 6.08. The monoisotopic (exact) mass is 398 g/mol. The van der Waals surface area contributed by atoms with E-state index >= 15 is 0 Å². The summed E-state index contributed by atoms with van der Waals surface area (Å²) in [5.74, 6) is 1.13. The summed E-state index contributed by atoms with van der Waals surface area (Å²) < 4.78 is 1.28. The van der Waals surface area contributed by atoms with Crippen LogP contribution in [0, 0.1) is 9.49 Å². The number of hydrogen-bond donors (Lipinski definition) is 0. The van der Waals surface area contributed by atoms with Gasteiger partial charge in [-0.05, 0) is 68.3 Å². The first-order chi connectivity index (χ1) is 10.6. The van der Waals surface area contributed by atoms with Gasteiger partial charge in [-0.25, -0.2) is 0 Å².